The van der Waals surface area contributed by atoms with Crippen molar-refractivity contribution in [2.24, 2.45) is 0 Å². The summed E-state index contributed by atoms with van der Waals surface area (Å²) >= 11 is 3.29. The minimum Gasteiger partial charge on any atom is -0.350 e. The van der Waals surface area contributed by atoms with Crippen molar-refractivity contribution in [2.45, 2.75) is 51.8 Å². The molecule has 4 aromatic rings. The Labute approximate surface area is 237 Å². The van der Waals surface area contributed by atoms with Crippen LogP contribution in [0.25, 0.3) is 5.69 Å². The highest BCUT2D eigenvalue weighted by Gasteiger charge is 2.40. The van der Waals surface area contributed by atoms with E-state index < -0.39 is 0 Å². The van der Waals surface area contributed by atoms with Gasteiger partial charge in [0.2, 0.25) is 11.8 Å². The molecule has 7 nitrogen and oxygen atoms in total. The Bertz CT molecular complexity index is 1490. The van der Waals surface area contributed by atoms with E-state index >= 15 is 0 Å². The fourth-order valence-electron chi connectivity index (χ4n) is 4.77. The van der Waals surface area contributed by atoms with Gasteiger partial charge in [-0.05, 0) is 54.1 Å². The number of nitrogens with zero attached hydrogens (tertiary/aromatic N) is 4. The van der Waals surface area contributed by atoms with Gasteiger partial charge in [0, 0.05) is 34.8 Å². The lowest BCUT2D eigenvalue weighted by atomic mass is 9.88. The zero-order valence-corrected chi connectivity index (χ0v) is 24.5. The summed E-state index contributed by atoms with van der Waals surface area (Å²) in [5.74, 6) is 0.606. The molecule has 1 aromatic carbocycles. The molecule has 3 aromatic heterocycles. The van der Waals surface area contributed by atoms with Gasteiger partial charge in [-0.3, -0.25) is 19.5 Å². The molecule has 0 spiro atoms. The molecule has 39 heavy (non-hydrogen) atoms. The Balaban J connectivity index is 1.66. The average molecular weight is 560 g/mol. The number of rotatable bonds is 6. The molecule has 1 aliphatic rings. The van der Waals surface area contributed by atoms with Crippen LogP contribution in [0.1, 0.15) is 58.8 Å². The van der Waals surface area contributed by atoms with Crippen LogP contribution in [-0.4, -0.2) is 38.9 Å². The summed E-state index contributed by atoms with van der Waals surface area (Å²) in [5.41, 5.74) is 5.68. The number of carbonyl (C=O) groups is 2. The number of amides is 2. The molecule has 0 bridgehead atoms. The fraction of sp³-hybridized carbons (Fsp3) is 0.333. The number of thiophene rings is 1. The van der Waals surface area contributed by atoms with E-state index in [1.54, 1.807) is 40.4 Å². The Hall–Kier alpha value is -3.43. The fourth-order valence-corrected chi connectivity index (χ4v) is 6.95. The number of hydrogen-bond acceptors (Lipinski definition) is 6. The van der Waals surface area contributed by atoms with Crippen molar-refractivity contribution in [3.8, 4) is 5.69 Å². The third-order valence-corrected chi connectivity index (χ3v) is 9.24. The number of fused-ring (bicyclic) bond motifs is 1. The first kappa shape index (κ1) is 27.1. The molecule has 2 amide bonds. The number of hydrogen-bond donors (Lipinski definition) is 1. The monoisotopic (exact) mass is 559 g/mol. The second kappa shape index (κ2) is 11.0. The van der Waals surface area contributed by atoms with Gasteiger partial charge in [-0.2, -0.15) is 5.10 Å². The number of carbonyl (C=O) groups excluding carboxylic acids is 2. The molecule has 0 radical (unpaired) electrons. The first-order chi connectivity index (χ1) is 18.6. The number of anilines is 1. The van der Waals surface area contributed by atoms with Gasteiger partial charge in [0.1, 0.15) is 12.4 Å². The molecule has 202 valence electrons. The van der Waals surface area contributed by atoms with Gasteiger partial charge in [0.05, 0.1) is 22.4 Å². The molecule has 0 saturated carbocycles. The first-order valence-corrected chi connectivity index (χ1v) is 14.9. The highest BCUT2D eigenvalue weighted by atomic mass is 32.2. The number of benzene rings is 1. The summed E-state index contributed by atoms with van der Waals surface area (Å²) in [6, 6.07) is 14.0. The standard InChI is InChI=1S/C30H33N5O2S2/c1-19-9-6-11-22(20(19)2)35-29-26(28(33-35)30(3,4)5)27(23-12-8-14-38-23)39-18-25(37)34(29)17-24(36)32-16-21-10-7-13-31-15-21/h6-15,27H,16-18H2,1-5H3,(H,32,36)/t27-/m1/s1. The Morgan fingerprint density at radius 3 is 2.64 bits per heavy atom. The van der Waals surface area contributed by atoms with Gasteiger partial charge in [-0.15, -0.1) is 23.1 Å². The third-order valence-electron chi connectivity index (χ3n) is 6.92. The van der Waals surface area contributed by atoms with Crippen molar-refractivity contribution in [3.63, 3.8) is 0 Å². The summed E-state index contributed by atoms with van der Waals surface area (Å²) in [7, 11) is 0. The number of nitrogens with one attached hydrogen (secondary N) is 1. The Kier molecular flexibility index (Phi) is 7.64. The molecule has 0 saturated heterocycles. The van der Waals surface area contributed by atoms with E-state index in [1.165, 1.54) is 4.88 Å². The van der Waals surface area contributed by atoms with Crippen LogP contribution in [0, 0.1) is 13.8 Å². The van der Waals surface area contributed by atoms with Crippen LogP contribution >= 0.6 is 23.1 Å². The van der Waals surface area contributed by atoms with E-state index in [-0.39, 0.29) is 34.8 Å². The molecular formula is C30H33N5O2S2. The predicted octanol–water partition coefficient (Wildman–Crippen LogP) is 5.73. The zero-order chi connectivity index (χ0) is 27.7. The molecule has 0 aliphatic carbocycles. The van der Waals surface area contributed by atoms with Crippen molar-refractivity contribution in [3.05, 3.63) is 93.1 Å². The van der Waals surface area contributed by atoms with Crippen molar-refractivity contribution >= 4 is 40.7 Å². The van der Waals surface area contributed by atoms with Gasteiger partial charge >= 0.3 is 0 Å². The molecule has 4 heterocycles. The molecule has 1 aliphatic heterocycles. The van der Waals surface area contributed by atoms with Crippen LogP contribution in [0.15, 0.2) is 60.2 Å². The molecule has 1 atom stereocenters. The van der Waals surface area contributed by atoms with E-state index in [9.17, 15) is 9.59 Å². The van der Waals surface area contributed by atoms with Crippen molar-refractivity contribution in [1.82, 2.24) is 20.1 Å². The van der Waals surface area contributed by atoms with E-state index in [1.807, 2.05) is 35.0 Å². The van der Waals surface area contributed by atoms with E-state index in [4.69, 9.17) is 5.10 Å². The highest BCUT2D eigenvalue weighted by Crippen LogP contribution is 2.49. The van der Waals surface area contributed by atoms with Crippen molar-refractivity contribution < 1.29 is 9.59 Å². The largest absolute Gasteiger partial charge is 0.350 e. The summed E-state index contributed by atoms with van der Waals surface area (Å²) in [5, 5.41) is 10.2. The molecule has 0 unspecified atom stereocenters. The lowest BCUT2D eigenvalue weighted by Gasteiger charge is -2.24. The van der Waals surface area contributed by atoms with Crippen LogP contribution < -0.4 is 10.2 Å². The van der Waals surface area contributed by atoms with Crippen LogP contribution in [0.4, 0.5) is 5.82 Å². The molecule has 9 heteroatoms. The molecule has 5 rings (SSSR count). The zero-order valence-electron chi connectivity index (χ0n) is 22.9. The molecular weight excluding hydrogens is 526 g/mol. The summed E-state index contributed by atoms with van der Waals surface area (Å²) < 4.78 is 1.90. The summed E-state index contributed by atoms with van der Waals surface area (Å²) in [6.07, 6.45) is 3.43. The Morgan fingerprint density at radius 2 is 1.95 bits per heavy atom. The second-order valence-corrected chi connectivity index (χ2v) is 12.9. The highest BCUT2D eigenvalue weighted by molar-refractivity contribution is 8.00. The Morgan fingerprint density at radius 1 is 1.13 bits per heavy atom. The van der Waals surface area contributed by atoms with E-state index in [0.717, 1.165) is 33.6 Å². The van der Waals surface area contributed by atoms with E-state index in [0.29, 0.717) is 12.4 Å². The first-order valence-electron chi connectivity index (χ1n) is 13.0. The minimum atomic E-state index is -0.287. The SMILES string of the molecule is Cc1cccc(-n2nc(C(C)(C)C)c3c2N(CC(=O)NCc2cccnc2)C(=O)CS[C@@H]3c2cccs2)c1C. The number of aromatic nitrogens is 3. The van der Waals surface area contributed by atoms with E-state index in [2.05, 4.69) is 62.4 Å². The van der Waals surface area contributed by atoms with Gasteiger partial charge < -0.3 is 5.32 Å². The van der Waals surface area contributed by atoms with Gasteiger partial charge in [0.15, 0.2) is 0 Å². The van der Waals surface area contributed by atoms with Crippen molar-refractivity contribution in [2.75, 3.05) is 17.2 Å². The lowest BCUT2D eigenvalue weighted by Crippen LogP contribution is -2.42. The topological polar surface area (TPSA) is 80.1 Å². The minimum absolute atomic E-state index is 0.0690. The third kappa shape index (κ3) is 5.51. The maximum Gasteiger partial charge on any atom is 0.240 e. The number of pyridine rings is 1. The van der Waals surface area contributed by atoms with Gasteiger partial charge in [-0.25, -0.2) is 4.68 Å². The summed E-state index contributed by atoms with van der Waals surface area (Å²) in [4.78, 5) is 34.0. The summed E-state index contributed by atoms with van der Waals surface area (Å²) in [6.45, 7) is 10.8. The molecule has 0 fully saturated rings. The predicted molar refractivity (Wildman–Crippen MR) is 159 cm³/mol. The van der Waals surface area contributed by atoms with Crippen LogP contribution in [0.5, 0.6) is 0 Å². The maximum absolute atomic E-state index is 13.8. The number of thioether (sulfide) groups is 1. The maximum atomic E-state index is 13.8. The average Bonchev–Trinajstić information content (AvgIpc) is 3.55. The van der Waals surface area contributed by atoms with Crippen LogP contribution in [-0.2, 0) is 21.5 Å². The van der Waals surface area contributed by atoms with Crippen molar-refractivity contribution in [1.29, 1.82) is 0 Å². The van der Waals surface area contributed by atoms with Gasteiger partial charge in [-0.1, -0.05) is 45.0 Å². The van der Waals surface area contributed by atoms with Crippen LogP contribution in [0.2, 0.25) is 0 Å². The quantitative estimate of drug-likeness (QED) is 0.326. The smallest absolute Gasteiger partial charge is 0.240 e. The number of aryl methyl sites for hydroxylation is 1. The lowest BCUT2D eigenvalue weighted by molar-refractivity contribution is -0.123. The van der Waals surface area contributed by atoms with Crippen LogP contribution in [0.3, 0.4) is 0 Å². The van der Waals surface area contributed by atoms with Gasteiger partial charge in [0.25, 0.3) is 0 Å². The molecule has 1 N–H and O–H groups in total. The second-order valence-electron chi connectivity index (χ2n) is 10.8. The normalized spacial score (nSPS) is 15.7.